The van der Waals surface area contributed by atoms with E-state index >= 15 is 0 Å². The summed E-state index contributed by atoms with van der Waals surface area (Å²) in [6.07, 6.45) is 5.13. The Bertz CT molecular complexity index is 364. The molecule has 1 saturated carbocycles. The molecule has 1 aromatic carbocycles. The maximum atomic E-state index is 6.11. The fourth-order valence-corrected chi connectivity index (χ4v) is 2.94. The number of nitrogens with two attached hydrogens (primary N) is 1. The van der Waals surface area contributed by atoms with Crippen LogP contribution >= 0.6 is 27.5 Å². The van der Waals surface area contributed by atoms with E-state index in [2.05, 4.69) is 27.4 Å². The van der Waals surface area contributed by atoms with Gasteiger partial charge in [0.1, 0.15) is 0 Å². The van der Waals surface area contributed by atoms with Crippen LogP contribution in [0.5, 0.6) is 0 Å². The van der Waals surface area contributed by atoms with Gasteiger partial charge in [0.25, 0.3) is 0 Å². The molecule has 0 aliphatic heterocycles. The predicted octanol–water partition coefficient (Wildman–Crippen LogP) is 3.80. The Morgan fingerprint density at radius 2 is 2.06 bits per heavy atom. The third-order valence-electron chi connectivity index (χ3n) is 3.35. The van der Waals surface area contributed by atoms with Gasteiger partial charge in [-0.3, -0.25) is 11.3 Å². The predicted molar refractivity (Wildman–Crippen MR) is 71.2 cm³/mol. The van der Waals surface area contributed by atoms with Crippen LogP contribution < -0.4 is 11.3 Å². The SMILES string of the molecule is NNC(c1ccc(Br)c(Cl)c1)C1CCCC1. The van der Waals surface area contributed by atoms with Gasteiger partial charge in [0.15, 0.2) is 0 Å². The van der Waals surface area contributed by atoms with Crippen molar-refractivity contribution >= 4 is 27.5 Å². The summed E-state index contributed by atoms with van der Waals surface area (Å²) in [6.45, 7) is 0. The zero-order valence-electron chi connectivity index (χ0n) is 9.05. The second-order valence-electron chi connectivity index (χ2n) is 4.36. The molecule has 1 aliphatic carbocycles. The summed E-state index contributed by atoms with van der Waals surface area (Å²) >= 11 is 9.51. The van der Waals surface area contributed by atoms with Crippen molar-refractivity contribution in [3.8, 4) is 0 Å². The second-order valence-corrected chi connectivity index (χ2v) is 5.62. The van der Waals surface area contributed by atoms with Crippen LogP contribution in [0, 0.1) is 5.92 Å². The molecule has 0 amide bonds. The molecule has 0 radical (unpaired) electrons. The van der Waals surface area contributed by atoms with Gasteiger partial charge >= 0.3 is 0 Å². The average molecular weight is 304 g/mol. The fraction of sp³-hybridized carbons (Fsp3) is 0.500. The molecule has 3 N–H and O–H groups in total. The van der Waals surface area contributed by atoms with Gasteiger partial charge in [-0.05, 0) is 52.4 Å². The van der Waals surface area contributed by atoms with Crippen molar-refractivity contribution in [1.29, 1.82) is 0 Å². The molecule has 0 heterocycles. The molecule has 0 aromatic heterocycles. The summed E-state index contributed by atoms with van der Waals surface area (Å²) in [6, 6.07) is 6.29. The lowest BCUT2D eigenvalue weighted by Gasteiger charge is -2.23. The van der Waals surface area contributed by atoms with Crippen LogP contribution in [0.15, 0.2) is 22.7 Å². The van der Waals surface area contributed by atoms with E-state index in [0.29, 0.717) is 5.92 Å². The third kappa shape index (κ3) is 2.59. The first-order valence-electron chi connectivity index (χ1n) is 5.63. The molecule has 88 valence electrons. The highest BCUT2D eigenvalue weighted by Crippen LogP contribution is 2.36. The number of rotatable bonds is 3. The summed E-state index contributed by atoms with van der Waals surface area (Å²) in [5.41, 5.74) is 4.12. The second kappa shape index (κ2) is 5.50. The Morgan fingerprint density at radius 1 is 1.38 bits per heavy atom. The van der Waals surface area contributed by atoms with Gasteiger partial charge in [-0.25, -0.2) is 0 Å². The van der Waals surface area contributed by atoms with Crippen molar-refractivity contribution in [3.05, 3.63) is 33.3 Å². The van der Waals surface area contributed by atoms with Gasteiger partial charge in [-0.2, -0.15) is 0 Å². The van der Waals surface area contributed by atoms with Crippen LogP contribution in [-0.2, 0) is 0 Å². The lowest BCUT2D eigenvalue weighted by Crippen LogP contribution is -2.32. The Labute approximate surface area is 110 Å². The van der Waals surface area contributed by atoms with Crippen molar-refractivity contribution in [2.24, 2.45) is 11.8 Å². The molecule has 2 nitrogen and oxygen atoms in total. The Kier molecular flexibility index (Phi) is 4.25. The molecule has 0 spiro atoms. The molecular formula is C12H16BrClN2. The minimum absolute atomic E-state index is 0.230. The van der Waals surface area contributed by atoms with Gasteiger partial charge < -0.3 is 0 Å². The van der Waals surface area contributed by atoms with E-state index in [1.165, 1.54) is 31.2 Å². The number of nitrogens with one attached hydrogen (secondary N) is 1. The third-order valence-corrected chi connectivity index (χ3v) is 4.59. The largest absolute Gasteiger partial charge is 0.271 e. The van der Waals surface area contributed by atoms with Crippen molar-refractivity contribution in [1.82, 2.24) is 5.43 Å². The zero-order chi connectivity index (χ0) is 11.5. The molecule has 1 unspecified atom stereocenters. The Balaban J connectivity index is 2.22. The molecule has 1 atom stereocenters. The molecule has 4 heteroatoms. The highest BCUT2D eigenvalue weighted by molar-refractivity contribution is 9.10. The molecular weight excluding hydrogens is 288 g/mol. The first-order valence-corrected chi connectivity index (χ1v) is 6.80. The summed E-state index contributed by atoms with van der Waals surface area (Å²) < 4.78 is 0.931. The number of hydrogen-bond acceptors (Lipinski definition) is 2. The van der Waals surface area contributed by atoms with Gasteiger partial charge in [0.2, 0.25) is 0 Å². The van der Waals surface area contributed by atoms with E-state index in [4.69, 9.17) is 17.4 Å². The number of benzene rings is 1. The van der Waals surface area contributed by atoms with E-state index in [-0.39, 0.29) is 6.04 Å². The summed E-state index contributed by atoms with van der Waals surface area (Å²) in [5.74, 6) is 6.31. The monoisotopic (exact) mass is 302 g/mol. The number of hydrazine groups is 1. The molecule has 0 bridgehead atoms. The Morgan fingerprint density at radius 3 is 2.62 bits per heavy atom. The van der Waals surface area contributed by atoms with Gasteiger partial charge in [0.05, 0.1) is 5.02 Å². The van der Waals surface area contributed by atoms with Crippen molar-refractivity contribution < 1.29 is 0 Å². The van der Waals surface area contributed by atoms with E-state index in [1.807, 2.05) is 12.1 Å². The topological polar surface area (TPSA) is 38.0 Å². The molecule has 16 heavy (non-hydrogen) atoms. The smallest absolute Gasteiger partial charge is 0.0551 e. The molecule has 1 aromatic rings. The fourth-order valence-electron chi connectivity index (χ4n) is 2.50. The first-order chi connectivity index (χ1) is 7.72. The zero-order valence-corrected chi connectivity index (χ0v) is 11.4. The van der Waals surface area contributed by atoms with E-state index in [1.54, 1.807) is 0 Å². The lowest BCUT2D eigenvalue weighted by molar-refractivity contribution is 0.373. The van der Waals surface area contributed by atoms with Crippen LogP contribution in [-0.4, -0.2) is 0 Å². The molecule has 1 fully saturated rings. The van der Waals surface area contributed by atoms with Crippen LogP contribution in [0.4, 0.5) is 0 Å². The molecule has 2 rings (SSSR count). The minimum Gasteiger partial charge on any atom is -0.271 e. The van der Waals surface area contributed by atoms with Crippen molar-refractivity contribution in [3.63, 3.8) is 0 Å². The van der Waals surface area contributed by atoms with Crippen molar-refractivity contribution in [2.75, 3.05) is 0 Å². The maximum absolute atomic E-state index is 6.11. The molecule has 0 saturated heterocycles. The maximum Gasteiger partial charge on any atom is 0.0551 e. The highest BCUT2D eigenvalue weighted by Gasteiger charge is 2.25. The van der Waals surface area contributed by atoms with Gasteiger partial charge in [-0.15, -0.1) is 0 Å². The lowest BCUT2D eigenvalue weighted by atomic mass is 9.92. The van der Waals surface area contributed by atoms with Crippen LogP contribution in [0.3, 0.4) is 0 Å². The average Bonchev–Trinajstić information content (AvgIpc) is 2.78. The van der Waals surface area contributed by atoms with E-state index in [9.17, 15) is 0 Å². The first kappa shape index (κ1) is 12.4. The summed E-state index contributed by atoms with van der Waals surface area (Å²) in [4.78, 5) is 0. The quantitative estimate of drug-likeness (QED) is 0.658. The summed E-state index contributed by atoms with van der Waals surface area (Å²) in [7, 11) is 0. The van der Waals surface area contributed by atoms with Crippen LogP contribution in [0.2, 0.25) is 5.02 Å². The van der Waals surface area contributed by atoms with Crippen molar-refractivity contribution in [2.45, 2.75) is 31.7 Å². The number of hydrogen-bond donors (Lipinski definition) is 2. The molecule has 1 aliphatic rings. The van der Waals surface area contributed by atoms with Gasteiger partial charge in [0, 0.05) is 10.5 Å². The van der Waals surface area contributed by atoms with E-state index < -0.39 is 0 Å². The van der Waals surface area contributed by atoms with E-state index in [0.717, 1.165) is 9.50 Å². The number of halogens is 2. The van der Waals surface area contributed by atoms with Crippen LogP contribution in [0.1, 0.15) is 37.3 Å². The Hall–Kier alpha value is -0.0900. The highest BCUT2D eigenvalue weighted by atomic mass is 79.9. The minimum atomic E-state index is 0.230. The van der Waals surface area contributed by atoms with Gasteiger partial charge in [-0.1, -0.05) is 30.5 Å². The summed E-state index contributed by atoms with van der Waals surface area (Å²) in [5, 5.41) is 0.746. The normalized spacial score (nSPS) is 18.9. The van der Waals surface area contributed by atoms with Crippen LogP contribution in [0.25, 0.3) is 0 Å². The standard InChI is InChI=1S/C12H16BrClN2/c13-10-6-5-9(7-11(10)14)12(16-15)8-3-1-2-4-8/h5-8,12,16H,1-4,15H2.